The second kappa shape index (κ2) is 12.6. The SMILES string of the molecule is c1ccc2c(c1)nc1c3cc4c(cc3c3cc5c(cc3n21)oc1cc(-c2ccc3c(c2)sc2ccc6c7cc8oc9ccccc9c8cc7n7c8ccccc8nc7c6c23)ccc15)sc1ccccc14. The molecule has 8 aromatic heterocycles. The lowest BCUT2D eigenvalue weighted by molar-refractivity contribution is 0.669. The topological polar surface area (TPSA) is 60.9 Å². The lowest BCUT2D eigenvalue weighted by Crippen LogP contribution is -1.92. The quantitative estimate of drug-likeness (QED) is 0.154. The van der Waals surface area contributed by atoms with Gasteiger partial charge in [0.25, 0.3) is 0 Å². The summed E-state index contributed by atoms with van der Waals surface area (Å²) in [6, 6.07) is 66.1. The molecule has 0 spiro atoms. The predicted molar refractivity (Wildman–Crippen MR) is 295 cm³/mol. The maximum atomic E-state index is 6.87. The second-order valence-corrected chi connectivity index (χ2v) is 21.0. The van der Waals surface area contributed by atoms with Gasteiger partial charge in [0.1, 0.15) is 33.6 Å². The number of pyridine rings is 2. The molecule has 0 amide bonds. The van der Waals surface area contributed by atoms with Crippen molar-refractivity contribution >= 4 is 184 Å². The fourth-order valence-corrected chi connectivity index (χ4v) is 14.4. The van der Waals surface area contributed by atoms with Gasteiger partial charge in [-0.25, -0.2) is 9.97 Å². The van der Waals surface area contributed by atoms with Crippen LogP contribution in [0, 0.1) is 0 Å². The van der Waals surface area contributed by atoms with Crippen molar-refractivity contribution in [2.24, 2.45) is 0 Å². The highest BCUT2D eigenvalue weighted by Gasteiger charge is 2.23. The molecule has 0 radical (unpaired) electrons. The molecule has 70 heavy (non-hydrogen) atoms. The molecule has 0 N–H and O–H groups in total. The van der Waals surface area contributed by atoms with Gasteiger partial charge in [0.05, 0.1) is 33.1 Å². The molecule has 8 heteroatoms. The first-order chi connectivity index (χ1) is 34.6. The molecule has 322 valence electrons. The smallest absolute Gasteiger partial charge is 0.147 e. The fraction of sp³-hybridized carbons (Fsp3) is 0. The third-order valence-corrected chi connectivity index (χ3v) is 17.5. The van der Waals surface area contributed by atoms with Crippen LogP contribution in [0.5, 0.6) is 0 Å². The number of nitrogens with zero attached hydrogens (tertiary/aromatic N) is 4. The Morgan fingerprint density at radius 1 is 0.300 bits per heavy atom. The Labute approximate surface area is 402 Å². The summed E-state index contributed by atoms with van der Waals surface area (Å²) in [6.07, 6.45) is 0. The van der Waals surface area contributed by atoms with Gasteiger partial charge in [-0.2, -0.15) is 0 Å². The van der Waals surface area contributed by atoms with Crippen molar-refractivity contribution in [1.29, 1.82) is 0 Å². The van der Waals surface area contributed by atoms with Gasteiger partial charge >= 0.3 is 0 Å². The zero-order chi connectivity index (χ0) is 45.1. The molecule has 0 bridgehead atoms. The summed E-state index contributed by atoms with van der Waals surface area (Å²) in [5, 5.41) is 16.5. The minimum absolute atomic E-state index is 0.861. The first-order valence-electron chi connectivity index (χ1n) is 23.5. The summed E-state index contributed by atoms with van der Waals surface area (Å²) in [4.78, 5) is 10.6. The van der Waals surface area contributed by atoms with Crippen molar-refractivity contribution < 1.29 is 8.83 Å². The van der Waals surface area contributed by atoms with Crippen LogP contribution < -0.4 is 0 Å². The van der Waals surface area contributed by atoms with Gasteiger partial charge in [0, 0.05) is 89.5 Å². The van der Waals surface area contributed by atoms with Crippen LogP contribution in [0.1, 0.15) is 0 Å². The Morgan fingerprint density at radius 3 is 1.79 bits per heavy atom. The first-order valence-corrected chi connectivity index (χ1v) is 25.2. The molecule has 0 aliphatic carbocycles. The van der Waals surface area contributed by atoms with Crippen molar-refractivity contribution in [3.8, 4) is 11.1 Å². The van der Waals surface area contributed by atoms with Crippen molar-refractivity contribution in [3.05, 3.63) is 182 Å². The summed E-state index contributed by atoms with van der Waals surface area (Å²) in [5.74, 6) is 0. The van der Waals surface area contributed by atoms with Crippen LogP contribution in [0.4, 0.5) is 0 Å². The highest BCUT2D eigenvalue weighted by Crippen LogP contribution is 2.47. The lowest BCUT2D eigenvalue weighted by Gasteiger charge is -2.11. The Kier molecular flexibility index (Phi) is 6.54. The van der Waals surface area contributed by atoms with Gasteiger partial charge in [0.2, 0.25) is 0 Å². The summed E-state index contributed by atoms with van der Waals surface area (Å²) in [6.45, 7) is 0. The second-order valence-electron chi connectivity index (χ2n) is 18.8. The van der Waals surface area contributed by atoms with E-state index in [2.05, 4.69) is 185 Å². The molecule has 0 unspecified atom stereocenters. The summed E-state index contributed by atoms with van der Waals surface area (Å²) >= 11 is 3.69. The molecule has 0 atom stereocenters. The number of hydrogen-bond acceptors (Lipinski definition) is 6. The molecule has 8 heterocycles. The van der Waals surface area contributed by atoms with Crippen LogP contribution in [0.25, 0.3) is 172 Å². The Hall–Kier alpha value is -8.82. The van der Waals surface area contributed by atoms with Crippen molar-refractivity contribution in [2.75, 3.05) is 0 Å². The van der Waals surface area contributed by atoms with E-state index in [1.807, 2.05) is 28.7 Å². The fourth-order valence-electron chi connectivity index (χ4n) is 12.1. The lowest BCUT2D eigenvalue weighted by atomic mass is 9.98. The molecule has 10 aromatic carbocycles. The molecular formula is C62H30N4O2S2. The number of benzene rings is 10. The molecule has 6 nitrogen and oxygen atoms in total. The number of furan rings is 2. The van der Waals surface area contributed by atoms with Crippen LogP contribution in [-0.4, -0.2) is 18.8 Å². The van der Waals surface area contributed by atoms with Crippen LogP contribution in [0.15, 0.2) is 191 Å². The molecule has 0 aliphatic rings. The van der Waals surface area contributed by atoms with E-state index < -0.39 is 0 Å². The Morgan fingerprint density at radius 2 is 0.900 bits per heavy atom. The van der Waals surface area contributed by atoms with Gasteiger partial charge in [-0.3, -0.25) is 8.80 Å². The molecule has 18 rings (SSSR count). The van der Waals surface area contributed by atoms with E-state index in [1.165, 1.54) is 56.5 Å². The number of aromatic nitrogens is 4. The number of rotatable bonds is 1. The van der Waals surface area contributed by atoms with E-state index in [0.29, 0.717) is 0 Å². The van der Waals surface area contributed by atoms with E-state index >= 15 is 0 Å². The van der Waals surface area contributed by atoms with Gasteiger partial charge in [-0.05, 0) is 113 Å². The van der Waals surface area contributed by atoms with E-state index in [4.69, 9.17) is 18.8 Å². The van der Waals surface area contributed by atoms with Crippen molar-refractivity contribution in [3.63, 3.8) is 0 Å². The third kappa shape index (κ3) is 4.53. The van der Waals surface area contributed by atoms with E-state index in [9.17, 15) is 0 Å². The normalized spacial score (nSPS) is 12.9. The predicted octanol–water partition coefficient (Wildman–Crippen LogP) is 18.1. The highest BCUT2D eigenvalue weighted by molar-refractivity contribution is 7.26. The van der Waals surface area contributed by atoms with Gasteiger partial charge < -0.3 is 8.83 Å². The highest BCUT2D eigenvalue weighted by atomic mass is 32.1. The maximum Gasteiger partial charge on any atom is 0.147 e. The van der Waals surface area contributed by atoms with Crippen LogP contribution in [-0.2, 0) is 0 Å². The summed E-state index contributed by atoms with van der Waals surface area (Å²) < 4.78 is 23.1. The number of fused-ring (bicyclic) bond motifs is 29. The first kappa shape index (κ1) is 36.3. The monoisotopic (exact) mass is 926 g/mol. The standard InChI is InChI=1S/C62H30N4O2S2/c1-7-15-51-33(9-1)42-27-49-40(28-53(42)67-51)36-21-22-56-59(60(36)62-64-46-12-4-6-14-48(46)66(49)62)37-20-18-32(24-57(37)70-56)31-17-19-34-41-25-39-38-29-58-43(35-10-2-8-16-55(35)69-58)26-44(38)61-63-45-11-3-5-13-47(45)65(61)50(39)30-54(41)68-52(34)23-31/h1-30H. The molecule has 18 aromatic rings. The van der Waals surface area contributed by atoms with E-state index in [1.54, 1.807) is 0 Å². The van der Waals surface area contributed by atoms with Crippen LogP contribution in [0.3, 0.4) is 0 Å². The van der Waals surface area contributed by atoms with Crippen LogP contribution in [0.2, 0.25) is 0 Å². The minimum atomic E-state index is 0.861. The van der Waals surface area contributed by atoms with E-state index in [0.717, 1.165) is 116 Å². The zero-order valence-corrected chi connectivity index (χ0v) is 38.4. The Balaban J connectivity index is 0.842. The number of imidazole rings is 2. The molecule has 0 fully saturated rings. The van der Waals surface area contributed by atoms with Crippen LogP contribution >= 0.6 is 22.7 Å². The largest absolute Gasteiger partial charge is 0.456 e. The van der Waals surface area contributed by atoms with E-state index in [-0.39, 0.29) is 0 Å². The molecule has 0 saturated heterocycles. The summed E-state index contributed by atoms with van der Waals surface area (Å²) in [5.41, 5.74) is 14.0. The van der Waals surface area contributed by atoms with Gasteiger partial charge in [0.15, 0.2) is 0 Å². The number of para-hydroxylation sites is 5. The third-order valence-electron chi connectivity index (χ3n) is 15.2. The molecule has 0 aliphatic heterocycles. The Bertz CT molecular complexity index is 5450. The minimum Gasteiger partial charge on any atom is -0.456 e. The van der Waals surface area contributed by atoms with Gasteiger partial charge in [-0.15, -0.1) is 22.7 Å². The maximum absolute atomic E-state index is 6.87. The van der Waals surface area contributed by atoms with Crippen molar-refractivity contribution in [1.82, 2.24) is 18.8 Å². The summed E-state index contributed by atoms with van der Waals surface area (Å²) in [7, 11) is 0. The zero-order valence-electron chi connectivity index (χ0n) is 36.7. The van der Waals surface area contributed by atoms with Crippen molar-refractivity contribution in [2.45, 2.75) is 0 Å². The molecular weight excluding hydrogens is 897 g/mol. The van der Waals surface area contributed by atoms with Gasteiger partial charge in [-0.1, -0.05) is 84.9 Å². The number of thiophene rings is 2. The molecule has 0 saturated carbocycles. The number of hydrogen-bond donors (Lipinski definition) is 0. The average Bonchev–Trinajstić information content (AvgIpc) is 4.26. The average molecular weight is 927 g/mol.